The van der Waals surface area contributed by atoms with Gasteiger partial charge in [0.2, 0.25) is 11.6 Å². The number of hydrogen-bond acceptors (Lipinski definition) is 8. The molecule has 184 valence electrons. The van der Waals surface area contributed by atoms with Crippen molar-refractivity contribution in [2.45, 2.75) is 31.7 Å². The number of nitrogens with zero attached hydrogens (tertiary/aromatic N) is 4. The van der Waals surface area contributed by atoms with Crippen molar-refractivity contribution < 1.29 is 28.2 Å². The van der Waals surface area contributed by atoms with E-state index in [9.17, 15) is 9.59 Å². The number of aryl methyl sites for hydroxylation is 1. The van der Waals surface area contributed by atoms with E-state index in [4.69, 9.17) is 37.4 Å². The molecule has 4 atom stereocenters. The summed E-state index contributed by atoms with van der Waals surface area (Å²) in [6.07, 6.45) is -5.34. The minimum Gasteiger partial charge on any atom is -0.449 e. The number of esters is 2. The number of ether oxygens (including phenoxy) is 3. The van der Waals surface area contributed by atoms with Gasteiger partial charge in [0.1, 0.15) is 5.52 Å². The van der Waals surface area contributed by atoms with Crippen LogP contribution in [-0.2, 0) is 14.2 Å². The summed E-state index contributed by atoms with van der Waals surface area (Å²) >= 11 is 12.0. The molecule has 0 aliphatic carbocycles. The summed E-state index contributed by atoms with van der Waals surface area (Å²) < 4.78 is 33.8. The van der Waals surface area contributed by atoms with Crippen molar-refractivity contribution in [3.63, 3.8) is 0 Å². The summed E-state index contributed by atoms with van der Waals surface area (Å²) in [5, 5.41) is -0.219. The molecule has 0 N–H and O–H groups in total. The van der Waals surface area contributed by atoms with Gasteiger partial charge < -0.3 is 14.2 Å². The molecule has 36 heavy (non-hydrogen) atoms. The number of alkyl halides is 1. The van der Waals surface area contributed by atoms with Crippen molar-refractivity contribution in [2.75, 3.05) is 0 Å². The van der Waals surface area contributed by atoms with E-state index in [2.05, 4.69) is 15.0 Å². The van der Waals surface area contributed by atoms with Crippen LogP contribution in [0.3, 0.4) is 0 Å². The zero-order valence-electron chi connectivity index (χ0n) is 18.5. The molecule has 9 nitrogen and oxygen atoms in total. The molecule has 2 aromatic carbocycles. The van der Waals surface area contributed by atoms with E-state index in [1.807, 2.05) is 0 Å². The Labute approximate surface area is 213 Å². The summed E-state index contributed by atoms with van der Waals surface area (Å²) in [7, 11) is 0. The summed E-state index contributed by atoms with van der Waals surface area (Å²) in [5.41, 5.74) is 1.35. The largest absolute Gasteiger partial charge is 0.449 e. The van der Waals surface area contributed by atoms with Crippen LogP contribution in [0.4, 0.5) is 4.39 Å². The predicted octanol–water partition coefficient (Wildman–Crippen LogP) is 4.72. The van der Waals surface area contributed by atoms with Gasteiger partial charge in [-0.15, -0.1) is 0 Å². The highest BCUT2D eigenvalue weighted by Crippen LogP contribution is 2.37. The molecule has 4 aromatic rings. The van der Waals surface area contributed by atoms with Gasteiger partial charge in [-0.3, -0.25) is 4.57 Å². The Morgan fingerprint density at radius 1 is 1.00 bits per heavy atom. The van der Waals surface area contributed by atoms with Crippen LogP contribution < -0.4 is 0 Å². The van der Waals surface area contributed by atoms with E-state index >= 15 is 4.39 Å². The van der Waals surface area contributed by atoms with Gasteiger partial charge in [0.25, 0.3) is 0 Å². The lowest BCUT2D eigenvalue weighted by Crippen LogP contribution is -2.36. The van der Waals surface area contributed by atoms with Crippen molar-refractivity contribution in [2.24, 2.45) is 0 Å². The maximum absolute atomic E-state index is 15.9. The minimum absolute atomic E-state index is 0.0354. The molecule has 0 spiro atoms. The standard InChI is InChI=1S/C24H17Cl2FN4O5/c1-12-7-5-6-10-14(12)22(33)36-23-17(34-21(32)13-8-3-2-4-9-13)15(27)20(35-23)31-11-28-16-18(25)29-24(26)30-19(16)31/h2-11,15,17,20,23H,1H3/t15-,17-,20+,23+/m0/s1. The number of rotatable bonds is 5. The molecule has 1 aliphatic heterocycles. The fourth-order valence-electron chi connectivity index (χ4n) is 3.82. The second-order valence-corrected chi connectivity index (χ2v) is 8.60. The van der Waals surface area contributed by atoms with E-state index < -0.39 is 36.7 Å². The third kappa shape index (κ3) is 4.50. The lowest BCUT2D eigenvalue weighted by atomic mass is 10.1. The molecular formula is C24H17Cl2FN4O5. The van der Waals surface area contributed by atoms with Crippen molar-refractivity contribution in [1.29, 1.82) is 0 Å². The van der Waals surface area contributed by atoms with E-state index in [0.29, 0.717) is 5.56 Å². The highest BCUT2D eigenvalue weighted by atomic mass is 35.5. The number of fused-ring (bicyclic) bond motifs is 1. The summed E-state index contributed by atoms with van der Waals surface area (Å²) in [4.78, 5) is 37.6. The highest BCUT2D eigenvalue weighted by molar-refractivity contribution is 6.35. The van der Waals surface area contributed by atoms with E-state index in [1.54, 1.807) is 49.4 Å². The SMILES string of the molecule is Cc1ccccc1C(=O)O[C@H]1O[C@@H](n2cnc3c(Cl)nc(Cl)nc32)[C@@H](F)[C@@H]1OC(=O)c1ccccc1. The van der Waals surface area contributed by atoms with Crippen LogP contribution in [0, 0.1) is 6.92 Å². The molecule has 0 unspecified atom stereocenters. The maximum atomic E-state index is 15.9. The highest BCUT2D eigenvalue weighted by Gasteiger charge is 2.51. The van der Waals surface area contributed by atoms with Gasteiger partial charge >= 0.3 is 11.9 Å². The van der Waals surface area contributed by atoms with E-state index in [1.165, 1.54) is 23.0 Å². The van der Waals surface area contributed by atoms with Crippen LogP contribution in [-0.4, -0.2) is 50.0 Å². The molecule has 1 aliphatic rings. The Morgan fingerprint density at radius 3 is 2.47 bits per heavy atom. The first-order valence-electron chi connectivity index (χ1n) is 10.7. The molecule has 0 radical (unpaired) electrons. The molecule has 1 fully saturated rings. The van der Waals surface area contributed by atoms with Crippen LogP contribution in [0.15, 0.2) is 60.9 Å². The smallest absolute Gasteiger partial charge is 0.340 e. The van der Waals surface area contributed by atoms with Crippen molar-refractivity contribution >= 4 is 46.3 Å². The van der Waals surface area contributed by atoms with Gasteiger partial charge in [-0.05, 0) is 42.3 Å². The molecule has 0 saturated carbocycles. The van der Waals surface area contributed by atoms with Crippen LogP contribution in [0.1, 0.15) is 32.5 Å². The summed E-state index contributed by atoms with van der Waals surface area (Å²) in [5.74, 6) is -1.58. The number of carbonyl (C=O) groups is 2. The molecule has 5 rings (SSSR count). The van der Waals surface area contributed by atoms with Crippen molar-refractivity contribution in [3.05, 3.63) is 88.1 Å². The van der Waals surface area contributed by atoms with Crippen LogP contribution in [0.25, 0.3) is 11.2 Å². The van der Waals surface area contributed by atoms with Crippen LogP contribution >= 0.6 is 23.2 Å². The van der Waals surface area contributed by atoms with Gasteiger partial charge in [-0.25, -0.2) is 23.9 Å². The van der Waals surface area contributed by atoms with Crippen LogP contribution in [0.5, 0.6) is 0 Å². The second kappa shape index (κ2) is 9.81. The van der Waals surface area contributed by atoms with Gasteiger partial charge in [-0.1, -0.05) is 48.0 Å². The average molecular weight is 531 g/mol. The third-order valence-corrected chi connectivity index (χ3v) is 6.03. The normalized spacial score (nSPS) is 21.4. The zero-order chi connectivity index (χ0) is 25.4. The maximum Gasteiger partial charge on any atom is 0.340 e. The Hall–Kier alpha value is -3.60. The Kier molecular flexibility index (Phi) is 6.57. The molecular weight excluding hydrogens is 514 g/mol. The van der Waals surface area contributed by atoms with Gasteiger partial charge in [0, 0.05) is 0 Å². The number of halogens is 3. The molecule has 0 bridgehead atoms. The van der Waals surface area contributed by atoms with Crippen LogP contribution in [0.2, 0.25) is 10.4 Å². The molecule has 2 aromatic heterocycles. The fraction of sp³-hybridized carbons (Fsp3) is 0.208. The molecule has 3 heterocycles. The first-order chi connectivity index (χ1) is 17.3. The Bertz CT molecular complexity index is 1450. The number of aromatic nitrogens is 4. The number of benzene rings is 2. The van der Waals surface area contributed by atoms with Gasteiger partial charge in [0.15, 0.2) is 29.3 Å². The topological polar surface area (TPSA) is 105 Å². The van der Waals surface area contributed by atoms with Gasteiger partial charge in [0.05, 0.1) is 17.5 Å². The fourth-order valence-corrected chi connectivity index (χ4v) is 4.24. The molecule has 12 heteroatoms. The number of hydrogen-bond donors (Lipinski definition) is 0. The Morgan fingerprint density at radius 2 is 1.72 bits per heavy atom. The first-order valence-corrected chi connectivity index (χ1v) is 11.5. The average Bonchev–Trinajstić information content (AvgIpc) is 3.41. The Balaban J connectivity index is 1.48. The van der Waals surface area contributed by atoms with E-state index in [0.717, 1.165) is 0 Å². The van der Waals surface area contributed by atoms with Gasteiger partial charge in [-0.2, -0.15) is 4.98 Å². The third-order valence-electron chi connectivity index (χ3n) is 5.59. The van der Waals surface area contributed by atoms with E-state index in [-0.39, 0.29) is 32.7 Å². The summed E-state index contributed by atoms with van der Waals surface area (Å²) in [6, 6.07) is 14.7. The number of imidazole rings is 1. The molecule has 1 saturated heterocycles. The lowest BCUT2D eigenvalue weighted by molar-refractivity contribution is -0.147. The monoisotopic (exact) mass is 530 g/mol. The van der Waals surface area contributed by atoms with Crippen molar-refractivity contribution in [3.8, 4) is 0 Å². The minimum atomic E-state index is -1.97. The quantitative estimate of drug-likeness (QED) is 0.207. The second-order valence-electron chi connectivity index (χ2n) is 7.90. The molecule has 0 amide bonds. The lowest BCUT2D eigenvalue weighted by Gasteiger charge is -2.20. The number of carbonyl (C=O) groups excluding carboxylic acids is 2. The summed E-state index contributed by atoms with van der Waals surface area (Å²) in [6.45, 7) is 1.73. The predicted molar refractivity (Wildman–Crippen MR) is 126 cm³/mol. The zero-order valence-corrected chi connectivity index (χ0v) is 20.1. The first kappa shape index (κ1) is 24.1. The van der Waals surface area contributed by atoms with Crippen molar-refractivity contribution in [1.82, 2.24) is 19.5 Å².